The third-order valence-corrected chi connectivity index (χ3v) is 4.97. The third-order valence-electron chi connectivity index (χ3n) is 3.59. The van der Waals surface area contributed by atoms with Gasteiger partial charge in [0.05, 0.1) is 23.3 Å². The number of aromatic carboxylic acids is 1. The number of hydrogen-bond donors (Lipinski definition) is 3. The standard InChI is InChI=1S/C18H16N2O5S/c21-18(22)16-11-15(26(23,24)20-13-5-2-1-3-6-13)8-9-17(16)19-12-14-7-4-10-25-14/h1-11,19-20H,12H2,(H,21,22). The zero-order chi connectivity index (χ0) is 18.6. The number of carboxylic acids is 1. The smallest absolute Gasteiger partial charge is 0.337 e. The number of nitrogens with one attached hydrogen (secondary N) is 2. The number of para-hydroxylation sites is 1. The number of hydrogen-bond acceptors (Lipinski definition) is 5. The lowest BCUT2D eigenvalue weighted by Crippen LogP contribution is -2.14. The maximum Gasteiger partial charge on any atom is 0.337 e. The lowest BCUT2D eigenvalue weighted by atomic mass is 10.2. The van der Waals surface area contributed by atoms with Gasteiger partial charge in [-0.1, -0.05) is 18.2 Å². The van der Waals surface area contributed by atoms with Gasteiger partial charge in [0.15, 0.2) is 0 Å². The number of rotatable bonds is 7. The van der Waals surface area contributed by atoms with Crippen molar-refractivity contribution in [2.45, 2.75) is 11.4 Å². The summed E-state index contributed by atoms with van der Waals surface area (Å²) in [6.07, 6.45) is 1.51. The van der Waals surface area contributed by atoms with Gasteiger partial charge in [-0.15, -0.1) is 0 Å². The number of carbonyl (C=O) groups is 1. The van der Waals surface area contributed by atoms with Crippen LogP contribution in [0.2, 0.25) is 0 Å². The molecule has 1 aromatic heterocycles. The molecule has 0 radical (unpaired) electrons. The van der Waals surface area contributed by atoms with E-state index in [1.54, 1.807) is 42.5 Å². The minimum atomic E-state index is -3.90. The summed E-state index contributed by atoms with van der Waals surface area (Å²) in [5.41, 5.74) is 0.546. The fourth-order valence-electron chi connectivity index (χ4n) is 2.34. The quantitative estimate of drug-likeness (QED) is 0.587. The molecule has 0 bridgehead atoms. The number of benzene rings is 2. The van der Waals surface area contributed by atoms with Crippen molar-refractivity contribution in [3.05, 3.63) is 78.3 Å². The highest BCUT2D eigenvalue weighted by Gasteiger charge is 2.19. The molecule has 0 aliphatic rings. The highest BCUT2D eigenvalue weighted by atomic mass is 32.2. The maximum absolute atomic E-state index is 12.5. The van der Waals surface area contributed by atoms with Gasteiger partial charge in [0.2, 0.25) is 0 Å². The molecule has 0 unspecified atom stereocenters. The van der Waals surface area contributed by atoms with Crippen LogP contribution in [0.3, 0.4) is 0 Å². The van der Waals surface area contributed by atoms with Crippen molar-refractivity contribution in [2.24, 2.45) is 0 Å². The van der Waals surface area contributed by atoms with E-state index in [0.717, 1.165) is 6.07 Å². The molecular weight excluding hydrogens is 356 g/mol. The molecule has 134 valence electrons. The number of anilines is 2. The average Bonchev–Trinajstić information content (AvgIpc) is 3.13. The first-order chi connectivity index (χ1) is 12.5. The van der Waals surface area contributed by atoms with Crippen LogP contribution >= 0.6 is 0 Å². The molecule has 26 heavy (non-hydrogen) atoms. The third kappa shape index (κ3) is 4.04. The second kappa shape index (κ2) is 7.32. The fraction of sp³-hybridized carbons (Fsp3) is 0.0556. The van der Waals surface area contributed by atoms with Gasteiger partial charge in [-0.3, -0.25) is 4.72 Å². The van der Waals surface area contributed by atoms with Crippen LogP contribution in [0.4, 0.5) is 11.4 Å². The van der Waals surface area contributed by atoms with E-state index in [-0.39, 0.29) is 17.0 Å². The summed E-state index contributed by atoms with van der Waals surface area (Å²) in [6, 6.07) is 15.7. The predicted octanol–water partition coefficient (Wildman–Crippen LogP) is 3.39. The van der Waals surface area contributed by atoms with Gasteiger partial charge >= 0.3 is 5.97 Å². The fourth-order valence-corrected chi connectivity index (χ4v) is 3.42. The molecule has 1 heterocycles. The largest absolute Gasteiger partial charge is 0.478 e. The highest BCUT2D eigenvalue weighted by molar-refractivity contribution is 7.92. The lowest BCUT2D eigenvalue weighted by molar-refractivity contribution is 0.0697. The van der Waals surface area contributed by atoms with Gasteiger partial charge in [0, 0.05) is 11.4 Å². The van der Waals surface area contributed by atoms with Crippen molar-refractivity contribution >= 4 is 27.4 Å². The molecule has 0 saturated carbocycles. The molecule has 3 N–H and O–H groups in total. The van der Waals surface area contributed by atoms with Gasteiger partial charge in [-0.2, -0.15) is 0 Å². The van der Waals surface area contributed by atoms with Crippen LogP contribution in [0.15, 0.2) is 76.2 Å². The first-order valence-corrected chi connectivity index (χ1v) is 9.15. The average molecular weight is 372 g/mol. The van der Waals surface area contributed by atoms with Crippen LogP contribution in [0.25, 0.3) is 0 Å². The summed E-state index contributed by atoms with van der Waals surface area (Å²) < 4.78 is 32.6. The molecule has 0 amide bonds. The van der Waals surface area contributed by atoms with Crippen molar-refractivity contribution < 1.29 is 22.7 Å². The van der Waals surface area contributed by atoms with Crippen LogP contribution in [-0.2, 0) is 16.6 Å². The Bertz CT molecular complexity index is 999. The van der Waals surface area contributed by atoms with Crippen LogP contribution in [0.5, 0.6) is 0 Å². The minimum Gasteiger partial charge on any atom is -0.478 e. The second-order valence-electron chi connectivity index (χ2n) is 5.42. The molecule has 0 saturated heterocycles. The van der Waals surface area contributed by atoms with Gasteiger partial charge in [0.25, 0.3) is 10.0 Å². The summed E-state index contributed by atoms with van der Waals surface area (Å²) in [4.78, 5) is 11.4. The molecule has 0 aliphatic heterocycles. The molecule has 3 rings (SSSR count). The molecule has 0 aliphatic carbocycles. The van der Waals surface area contributed by atoms with E-state index in [0.29, 0.717) is 17.1 Å². The van der Waals surface area contributed by atoms with Gasteiger partial charge in [-0.05, 0) is 42.5 Å². The summed E-state index contributed by atoms with van der Waals surface area (Å²) >= 11 is 0. The molecule has 7 nitrogen and oxygen atoms in total. The molecule has 2 aromatic carbocycles. The highest BCUT2D eigenvalue weighted by Crippen LogP contribution is 2.23. The Morgan fingerprint density at radius 2 is 1.81 bits per heavy atom. The first kappa shape index (κ1) is 17.6. The van der Waals surface area contributed by atoms with Crippen molar-refractivity contribution in [3.8, 4) is 0 Å². The number of sulfonamides is 1. The lowest BCUT2D eigenvalue weighted by Gasteiger charge is -2.12. The Hall–Kier alpha value is -3.26. The van der Waals surface area contributed by atoms with E-state index in [1.807, 2.05) is 0 Å². The van der Waals surface area contributed by atoms with Crippen molar-refractivity contribution in [2.75, 3.05) is 10.0 Å². The Morgan fingerprint density at radius 3 is 2.46 bits per heavy atom. The van der Waals surface area contributed by atoms with E-state index in [9.17, 15) is 18.3 Å². The molecule has 3 aromatic rings. The summed E-state index contributed by atoms with van der Waals surface area (Å²) in [5, 5.41) is 12.4. The van der Waals surface area contributed by atoms with E-state index >= 15 is 0 Å². The van der Waals surface area contributed by atoms with Gasteiger partial charge < -0.3 is 14.8 Å². The van der Waals surface area contributed by atoms with Crippen molar-refractivity contribution in [1.82, 2.24) is 0 Å². The van der Waals surface area contributed by atoms with Crippen molar-refractivity contribution in [3.63, 3.8) is 0 Å². The first-order valence-electron chi connectivity index (χ1n) is 7.67. The zero-order valence-corrected chi connectivity index (χ0v) is 14.4. The van der Waals surface area contributed by atoms with Crippen LogP contribution < -0.4 is 10.0 Å². The Morgan fingerprint density at radius 1 is 1.04 bits per heavy atom. The molecular formula is C18H16N2O5S. The minimum absolute atomic E-state index is 0.137. The molecule has 0 spiro atoms. The number of furan rings is 1. The molecule has 0 atom stereocenters. The SMILES string of the molecule is O=C(O)c1cc(S(=O)(=O)Nc2ccccc2)ccc1NCc1ccco1. The van der Waals surface area contributed by atoms with Crippen LogP contribution in [0, 0.1) is 0 Å². The summed E-state index contributed by atoms with van der Waals surface area (Å²) in [5.74, 6) is -0.604. The zero-order valence-electron chi connectivity index (χ0n) is 13.5. The molecule has 0 fully saturated rings. The van der Waals surface area contributed by atoms with E-state index in [4.69, 9.17) is 4.42 Å². The van der Waals surface area contributed by atoms with E-state index in [2.05, 4.69) is 10.0 Å². The number of carboxylic acid groups (broad SMARTS) is 1. The van der Waals surface area contributed by atoms with Gasteiger partial charge in [-0.25, -0.2) is 13.2 Å². The second-order valence-corrected chi connectivity index (χ2v) is 7.10. The van der Waals surface area contributed by atoms with Crippen LogP contribution in [0.1, 0.15) is 16.1 Å². The monoisotopic (exact) mass is 372 g/mol. The predicted molar refractivity (Wildman–Crippen MR) is 96.7 cm³/mol. The normalized spacial score (nSPS) is 11.1. The maximum atomic E-state index is 12.5. The topological polar surface area (TPSA) is 109 Å². The van der Waals surface area contributed by atoms with Crippen LogP contribution in [-0.4, -0.2) is 19.5 Å². The Balaban J connectivity index is 1.86. The van der Waals surface area contributed by atoms with Gasteiger partial charge in [0.1, 0.15) is 5.76 Å². The van der Waals surface area contributed by atoms with Crippen molar-refractivity contribution in [1.29, 1.82) is 0 Å². The van der Waals surface area contributed by atoms with E-state index in [1.165, 1.54) is 18.4 Å². The molecule has 8 heteroatoms. The Labute approximate surface area is 150 Å². The summed E-state index contributed by atoms with van der Waals surface area (Å²) in [6.45, 7) is 0.279. The summed E-state index contributed by atoms with van der Waals surface area (Å²) in [7, 11) is -3.90. The van der Waals surface area contributed by atoms with E-state index < -0.39 is 16.0 Å². The Kier molecular flexibility index (Phi) is 4.94.